The second kappa shape index (κ2) is 10.7. The molecule has 0 spiro atoms. The number of aryl methyl sites for hydroxylation is 1. The smallest absolute Gasteiger partial charge is 0.209 e. The lowest BCUT2D eigenvalue weighted by molar-refractivity contribution is 0.284. The third kappa shape index (κ3) is 5.99. The topological polar surface area (TPSA) is 74.1 Å². The van der Waals surface area contributed by atoms with Crippen molar-refractivity contribution in [3.05, 3.63) is 57.6 Å². The van der Waals surface area contributed by atoms with Crippen LogP contribution in [0.3, 0.4) is 0 Å². The summed E-state index contributed by atoms with van der Waals surface area (Å²) in [5, 5.41) is 16.7. The predicted molar refractivity (Wildman–Crippen MR) is 115 cm³/mol. The lowest BCUT2D eigenvalue weighted by atomic mass is 10.2. The van der Waals surface area contributed by atoms with Crippen LogP contribution in [0.25, 0.3) is 0 Å². The maximum absolute atomic E-state index is 6.20. The van der Waals surface area contributed by atoms with Gasteiger partial charge in [0.15, 0.2) is 11.5 Å². The molecule has 0 bridgehead atoms. The summed E-state index contributed by atoms with van der Waals surface area (Å²) < 4.78 is 13.0. The lowest BCUT2D eigenvalue weighted by Gasteiger charge is -2.14. The van der Waals surface area contributed by atoms with Crippen LogP contribution in [-0.4, -0.2) is 39.6 Å². The average Bonchev–Trinajstić information content (AvgIpc) is 3.12. The SMILES string of the molecule is COc1cc(CNCCSc2nnnn2C)ccc1OCc1c(Cl)cccc1Cl. The molecule has 7 nitrogen and oxygen atoms in total. The molecule has 10 heteroatoms. The van der Waals surface area contributed by atoms with Crippen LogP contribution >= 0.6 is 35.0 Å². The molecule has 154 valence electrons. The minimum absolute atomic E-state index is 0.264. The molecule has 0 saturated carbocycles. The zero-order valence-electron chi connectivity index (χ0n) is 16.1. The minimum atomic E-state index is 0.264. The molecule has 0 aliphatic heterocycles. The van der Waals surface area contributed by atoms with Gasteiger partial charge >= 0.3 is 0 Å². The highest BCUT2D eigenvalue weighted by molar-refractivity contribution is 7.99. The van der Waals surface area contributed by atoms with Crippen molar-refractivity contribution in [2.45, 2.75) is 18.3 Å². The Morgan fingerprint density at radius 3 is 2.62 bits per heavy atom. The van der Waals surface area contributed by atoms with E-state index in [9.17, 15) is 0 Å². The van der Waals surface area contributed by atoms with Crippen LogP contribution in [0.15, 0.2) is 41.6 Å². The number of tetrazole rings is 1. The van der Waals surface area contributed by atoms with Gasteiger partial charge in [0.2, 0.25) is 5.16 Å². The Kier molecular flexibility index (Phi) is 8.00. The van der Waals surface area contributed by atoms with Crippen molar-refractivity contribution in [3.8, 4) is 11.5 Å². The summed E-state index contributed by atoms with van der Waals surface area (Å²) in [6.45, 7) is 1.80. The van der Waals surface area contributed by atoms with Gasteiger partial charge in [-0.15, -0.1) is 5.10 Å². The number of hydrogen-bond acceptors (Lipinski definition) is 7. The van der Waals surface area contributed by atoms with Crippen molar-refractivity contribution in [1.82, 2.24) is 25.5 Å². The van der Waals surface area contributed by atoms with E-state index < -0.39 is 0 Å². The van der Waals surface area contributed by atoms with Gasteiger partial charge in [-0.3, -0.25) is 0 Å². The lowest BCUT2D eigenvalue weighted by Crippen LogP contribution is -2.16. The molecular weight excluding hydrogens is 433 g/mol. The van der Waals surface area contributed by atoms with Crippen LogP contribution in [0.4, 0.5) is 0 Å². The first-order valence-electron chi connectivity index (χ1n) is 8.87. The molecule has 0 fully saturated rings. The van der Waals surface area contributed by atoms with E-state index in [1.54, 1.807) is 41.8 Å². The molecule has 1 aromatic heterocycles. The Bertz CT molecular complexity index is 934. The zero-order valence-corrected chi connectivity index (χ0v) is 18.4. The molecule has 0 radical (unpaired) electrons. The maximum Gasteiger partial charge on any atom is 0.209 e. The van der Waals surface area contributed by atoms with Gasteiger partial charge in [0.05, 0.1) is 7.11 Å². The van der Waals surface area contributed by atoms with Crippen LogP contribution in [0.1, 0.15) is 11.1 Å². The van der Waals surface area contributed by atoms with Crippen LogP contribution < -0.4 is 14.8 Å². The third-order valence-electron chi connectivity index (χ3n) is 4.08. The molecular formula is C19H21Cl2N5O2S. The molecule has 1 heterocycles. The number of thioether (sulfide) groups is 1. The summed E-state index contributed by atoms with van der Waals surface area (Å²) in [5.41, 5.74) is 1.84. The summed E-state index contributed by atoms with van der Waals surface area (Å²) in [6, 6.07) is 11.2. The van der Waals surface area contributed by atoms with Crippen molar-refractivity contribution in [1.29, 1.82) is 0 Å². The van der Waals surface area contributed by atoms with Gasteiger partial charge < -0.3 is 14.8 Å². The Balaban J connectivity index is 1.51. The Morgan fingerprint density at radius 1 is 1.14 bits per heavy atom. The molecule has 0 amide bonds. The van der Waals surface area contributed by atoms with Crippen LogP contribution in [0.2, 0.25) is 10.0 Å². The number of hydrogen-bond donors (Lipinski definition) is 1. The van der Waals surface area contributed by atoms with Crippen molar-refractivity contribution in [3.63, 3.8) is 0 Å². The predicted octanol–water partition coefficient (Wildman–Crippen LogP) is 3.99. The Hall–Kier alpha value is -2.00. The molecule has 0 aliphatic rings. The molecule has 0 aliphatic carbocycles. The van der Waals surface area contributed by atoms with E-state index in [2.05, 4.69) is 20.8 Å². The first-order chi connectivity index (χ1) is 14.1. The van der Waals surface area contributed by atoms with Gasteiger partial charge in [0.1, 0.15) is 6.61 Å². The first-order valence-corrected chi connectivity index (χ1v) is 10.6. The van der Waals surface area contributed by atoms with Gasteiger partial charge in [-0.25, -0.2) is 4.68 Å². The highest BCUT2D eigenvalue weighted by Crippen LogP contribution is 2.31. The van der Waals surface area contributed by atoms with Crippen molar-refractivity contribution < 1.29 is 9.47 Å². The quantitative estimate of drug-likeness (QED) is 0.367. The first kappa shape index (κ1) is 21.7. The fourth-order valence-corrected chi connectivity index (χ4v) is 3.81. The maximum atomic E-state index is 6.20. The summed E-state index contributed by atoms with van der Waals surface area (Å²) >= 11 is 14.0. The fraction of sp³-hybridized carbons (Fsp3) is 0.316. The summed E-state index contributed by atoms with van der Waals surface area (Å²) in [7, 11) is 3.44. The molecule has 29 heavy (non-hydrogen) atoms. The van der Waals surface area contributed by atoms with Crippen LogP contribution in [-0.2, 0) is 20.2 Å². The number of halogens is 2. The van der Waals surface area contributed by atoms with Crippen LogP contribution in [0.5, 0.6) is 11.5 Å². The van der Waals surface area contributed by atoms with Crippen LogP contribution in [0, 0.1) is 0 Å². The molecule has 1 N–H and O–H groups in total. The fourth-order valence-electron chi connectivity index (χ4n) is 2.55. The molecule has 0 saturated heterocycles. The van der Waals surface area contributed by atoms with E-state index in [1.165, 1.54) is 0 Å². The van der Waals surface area contributed by atoms with E-state index in [4.69, 9.17) is 32.7 Å². The van der Waals surface area contributed by atoms with Crippen molar-refractivity contribution >= 4 is 35.0 Å². The van der Waals surface area contributed by atoms with Gasteiger partial charge in [0.25, 0.3) is 0 Å². The van der Waals surface area contributed by atoms with Gasteiger partial charge in [0, 0.05) is 41.5 Å². The number of methoxy groups -OCH3 is 1. The minimum Gasteiger partial charge on any atom is -0.493 e. The van der Waals surface area contributed by atoms with Gasteiger partial charge in [-0.1, -0.05) is 47.1 Å². The normalized spacial score (nSPS) is 10.9. The molecule has 3 aromatic rings. The number of rotatable bonds is 10. The van der Waals surface area contributed by atoms with E-state index in [1.807, 2.05) is 25.2 Å². The molecule has 3 rings (SSSR count). The van der Waals surface area contributed by atoms with E-state index in [-0.39, 0.29) is 6.61 Å². The van der Waals surface area contributed by atoms with Gasteiger partial charge in [-0.05, 0) is 40.3 Å². The summed E-state index contributed by atoms with van der Waals surface area (Å²) in [5.74, 6) is 2.16. The standard InChI is InChI=1S/C19H21Cl2N5O2S/c1-26-19(23-24-25-26)29-9-8-22-11-13-6-7-17(18(10-13)27-2)28-12-14-15(20)4-3-5-16(14)21/h3-7,10,22H,8-9,11-12H2,1-2H3. The van der Waals surface area contributed by atoms with E-state index >= 15 is 0 Å². The highest BCUT2D eigenvalue weighted by Gasteiger charge is 2.10. The van der Waals surface area contributed by atoms with E-state index in [0.717, 1.165) is 28.6 Å². The van der Waals surface area contributed by atoms with Crippen molar-refractivity contribution in [2.75, 3.05) is 19.4 Å². The van der Waals surface area contributed by atoms with Gasteiger partial charge in [-0.2, -0.15) is 0 Å². The molecule has 0 atom stereocenters. The monoisotopic (exact) mass is 453 g/mol. The number of ether oxygens (including phenoxy) is 2. The number of benzene rings is 2. The Labute approximate surface area is 183 Å². The summed E-state index contributed by atoms with van der Waals surface area (Å²) in [6.07, 6.45) is 0. The average molecular weight is 454 g/mol. The van der Waals surface area contributed by atoms with Crippen molar-refractivity contribution in [2.24, 2.45) is 7.05 Å². The third-order valence-corrected chi connectivity index (χ3v) is 5.80. The number of nitrogens with zero attached hydrogens (tertiary/aromatic N) is 4. The van der Waals surface area contributed by atoms with E-state index in [0.29, 0.717) is 28.1 Å². The number of aromatic nitrogens is 4. The molecule has 2 aromatic carbocycles. The molecule has 0 unspecified atom stereocenters. The largest absolute Gasteiger partial charge is 0.493 e. The number of nitrogens with one attached hydrogen (secondary N) is 1. The Morgan fingerprint density at radius 2 is 1.93 bits per heavy atom. The zero-order chi connectivity index (χ0) is 20.6. The highest BCUT2D eigenvalue weighted by atomic mass is 35.5. The summed E-state index contributed by atoms with van der Waals surface area (Å²) in [4.78, 5) is 0. The second-order valence-electron chi connectivity index (χ2n) is 6.08. The second-order valence-corrected chi connectivity index (χ2v) is 7.96.